The number of ketones is 1. The number of ether oxygens (including phenoxy) is 1. The highest BCUT2D eigenvalue weighted by atomic mass is 32.2. The van der Waals surface area contributed by atoms with Crippen molar-refractivity contribution in [3.05, 3.63) is 42.5 Å². The largest absolute Gasteiger partial charge is 0.453 e. The van der Waals surface area contributed by atoms with Crippen LogP contribution >= 0.6 is 0 Å². The van der Waals surface area contributed by atoms with Crippen LogP contribution < -0.4 is 10.0 Å². The molecule has 0 aromatic heterocycles. The van der Waals surface area contributed by atoms with E-state index in [1.165, 1.54) is 44.2 Å². The summed E-state index contributed by atoms with van der Waals surface area (Å²) in [4.78, 5) is 34.5. The van der Waals surface area contributed by atoms with Crippen molar-refractivity contribution >= 4 is 27.7 Å². The number of rotatable bonds is 10. The molecule has 0 aliphatic heterocycles. The maximum absolute atomic E-state index is 12.2. The van der Waals surface area contributed by atoms with Crippen LogP contribution in [0.1, 0.15) is 30.6 Å². The zero-order chi connectivity index (χ0) is 19.7. The molecule has 1 atom stereocenters. The van der Waals surface area contributed by atoms with Crippen LogP contribution in [0.4, 0.5) is 0 Å². The first-order valence-corrected chi connectivity index (χ1v) is 9.34. The first-order valence-electron chi connectivity index (χ1n) is 7.86. The molecule has 1 aromatic rings. The summed E-state index contributed by atoms with van der Waals surface area (Å²) in [6.07, 6.45) is 0.249. The summed E-state index contributed by atoms with van der Waals surface area (Å²) >= 11 is 0. The first kappa shape index (κ1) is 21.5. The summed E-state index contributed by atoms with van der Waals surface area (Å²) < 4.78 is 31.5. The smallest absolute Gasteiger partial charge is 0.307 e. The number of carbonyl (C=O) groups excluding carboxylic acids is 3. The Morgan fingerprint density at radius 3 is 2.62 bits per heavy atom. The zero-order valence-electron chi connectivity index (χ0n) is 14.7. The van der Waals surface area contributed by atoms with Crippen LogP contribution in [-0.2, 0) is 24.3 Å². The highest BCUT2D eigenvalue weighted by molar-refractivity contribution is 7.89. The number of carbonyl (C=O) groups is 3. The molecular weight excluding hydrogens is 360 g/mol. The normalized spacial score (nSPS) is 12.1. The minimum absolute atomic E-state index is 0.0734. The third-order valence-electron chi connectivity index (χ3n) is 3.27. The fourth-order valence-corrected chi connectivity index (χ4v) is 2.96. The number of nitrogens with one attached hydrogen (secondary N) is 2. The summed E-state index contributed by atoms with van der Waals surface area (Å²) in [5, 5.41) is 2.48. The Labute approximate surface area is 152 Å². The van der Waals surface area contributed by atoms with Gasteiger partial charge in [0.05, 0.1) is 11.3 Å². The second kappa shape index (κ2) is 9.83. The van der Waals surface area contributed by atoms with Gasteiger partial charge in [0.25, 0.3) is 5.91 Å². The van der Waals surface area contributed by atoms with Gasteiger partial charge in [0.1, 0.15) is 0 Å². The summed E-state index contributed by atoms with van der Waals surface area (Å²) in [6.45, 7) is 6.24. The molecule has 26 heavy (non-hydrogen) atoms. The van der Waals surface area contributed by atoms with Gasteiger partial charge in [-0.15, -0.1) is 6.58 Å². The molecule has 0 heterocycles. The van der Waals surface area contributed by atoms with Crippen LogP contribution in [0.15, 0.2) is 41.8 Å². The fourth-order valence-electron chi connectivity index (χ4n) is 1.88. The van der Waals surface area contributed by atoms with Crippen molar-refractivity contribution in [2.24, 2.45) is 0 Å². The molecule has 0 unspecified atom stereocenters. The quantitative estimate of drug-likeness (QED) is 0.351. The van der Waals surface area contributed by atoms with Gasteiger partial charge in [0, 0.05) is 18.7 Å². The molecule has 0 aliphatic carbocycles. The van der Waals surface area contributed by atoms with E-state index in [9.17, 15) is 22.8 Å². The van der Waals surface area contributed by atoms with Gasteiger partial charge in [-0.25, -0.2) is 13.1 Å². The molecule has 2 N–H and O–H groups in total. The van der Waals surface area contributed by atoms with Crippen LogP contribution in [0, 0.1) is 0 Å². The topological polar surface area (TPSA) is 119 Å². The lowest BCUT2D eigenvalue weighted by Crippen LogP contribution is -2.36. The van der Waals surface area contributed by atoms with E-state index in [0.29, 0.717) is 0 Å². The number of benzene rings is 1. The lowest BCUT2D eigenvalue weighted by molar-refractivity contribution is -0.154. The maximum atomic E-state index is 12.2. The van der Waals surface area contributed by atoms with Crippen molar-refractivity contribution in [2.75, 3.05) is 13.1 Å². The van der Waals surface area contributed by atoms with Crippen molar-refractivity contribution < 1.29 is 27.5 Å². The molecule has 0 bridgehead atoms. The van der Waals surface area contributed by atoms with Crippen LogP contribution in [0.25, 0.3) is 0 Å². The second-order valence-corrected chi connectivity index (χ2v) is 7.16. The highest BCUT2D eigenvalue weighted by Gasteiger charge is 2.19. The summed E-state index contributed by atoms with van der Waals surface area (Å²) in [5.74, 6) is -1.44. The Balaban J connectivity index is 2.54. The van der Waals surface area contributed by atoms with E-state index < -0.39 is 28.0 Å². The van der Waals surface area contributed by atoms with Gasteiger partial charge in [0.15, 0.2) is 11.9 Å². The van der Waals surface area contributed by atoms with Crippen molar-refractivity contribution in [1.29, 1.82) is 0 Å². The standard InChI is InChI=1S/C17H22N2O6S/c1-4-9-18-17(22)13(3)25-16(21)8-10-19-26(23,24)15-7-5-6-14(11-15)12(2)20/h4-7,11,13,19H,1,8-10H2,2-3H3,(H,18,22)/t13-/m0/s1. The number of amides is 1. The first-order chi connectivity index (χ1) is 12.2. The van der Waals surface area contributed by atoms with Gasteiger partial charge >= 0.3 is 5.97 Å². The molecule has 0 saturated heterocycles. The molecule has 0 saturated carbocycles. The highest BCUT2D eigenvalue weighted by Crippen LogP contribution is 2.12. The molecule has 0 spiro atoms. The van der Waals surface area contributed by atoms with Gasteiger partial charge in [0.2, 0.25) is 10.0 Å². The Bertz CT molecular complexity index is 788. The Kier molecular flexibility index (Phi) is 8.14. The number of sulfonamides is 1. The second-order valence-electron chi connectivity index (χ2n) is 5.40. The average molecular weight is 382 g/mol. The predicted molar refractivity (Wildman–Crippen MR) is 95.0 cm³/mol. The molecule has 9 heteroatoms. The molecule has 0 radical (unpaired) electrons. The maximum Gasteiger partial charge on any atom is 0.307 e. The Hall–Kier alpha value is -2.52. The molecule has 8 nitrogen and oxygen atoms in total. The van der Waals surface area contributed by atoms with Crippen LogP contribution in [0.2, 0.25) is 0 Å². The predicted octanol–water partition coefficient (Wildman–Crippen LogP) is 0.792. The molecule has 0 aliphatic rings. The number of hydrogen-bond acceptors (Lipinski definition) is 6. The van der Waals surface area contributed by atoms with E-state index in [2.05, 4.69) is 16.6 Å². The minimum Gasteiger partial charge on any atom is -0.453 e. The van der Waals surface area contributed by atoms with Gasteiger partial charge in [-0.05, 0) is 26.0 Å². The van der Waals surface area contributed by atoms with Crippen LogP contribution in [0.5, 0.6) is 0 Å². The average Bonchev–Trinajstić information content (AvgIpc) is 2.59. The van der Waals surface area contributed by atoms with Crippen LogP contribution in [-0.4, -0.2) is 45.3 Å². The lowest BCUT2D eigenvalue weighted by Gasteiger charge is -2.13. The third-order valence-corrected chi connectivity index (χ3v) is 4.73. The summed E-state index contributed by atoms with van der Waals surface area (Å²) in [7, 11) is -3.87. The molecule has 1 amide bonds. The van der Waals surface area contributed by atoms with Crippen molar-refractivity contribution in [2.45, 2.75) is 31.3 Å². The van der Waals surface area contributed by atoms with Crippen molar-refractivity contribution in [3.8, 4) is 0 Å². The molecular formula is C17H22N2O6S. The number of esters is 1. The van der Waals surface area contributed by atoms with Gasteiger partial charge in [-0.1, -0.05) is 18.2 Å². The molecule has 1 aromatic carbocycles. The van der Waals surface area contributed by atoms with E-state index >= 15 is 0 Å². The molecule has 142 valence electrons. The van der Waals surface area contributed by atoms with Crippen molar-refractivity contribution in [1.82, 2.24) is 10.0 Å². The Morgan fingerprint density at radius 2 is 2.00 bits per heavy atom. The van der Waals surface area contributed by atoms with Gasteiger partial charge in [-0.3, -0.25) is 14.4 Å². The van der Waals surface area contributed by atoms with E-state index in [-0.39, 0.29) is 35.8 Å². The van der Waals surface area contributed by atoms with E-state index in [4.69, 9.17) is 4.74 Å². The fraction of sp³-hybridized carbons (Fsp3) is 0.353. The van der Waals surface area contributed by atoms with Gasteiger partial charge < -0.3 is 10.1 Å². The summed E-state index contributed by atoms with van der Waals surface area (Å²) in [6, 6.07) is 5.58. The number of hydrogen-bond donors (Lipinski definition) is 2. The lowest BCUT2D eigenvalue weighted by atomic mass is 10.2. The SMILES string of the molecule is C=CCNC(=O)[C@H](C)OC(=O)CCNS(=O)(=O)c1cccc(C(C)=O)c1. The minimum atomic E-state index is -3.87. The van der Waals surface area contributed by atoms with E-state index in [1.807, 2.05) is 0 Å². The third kappa shape index (κ3) is 6.77. The van der Waals surface area contributed by atoms with Crippen molar-refractivity contribution in [3.63, 3.8) is 0 Å². The molecule has 0 fully saturated rings. The summed E-state index contributed by atoms with van der Waals surface area (Å²) in [5.41, 5.74) is 0.270. The Morgan fingerprint density at radius 1 is 1.31 bits per heavy atom. The number of Topliss-reactive ketones (excluding diaryl/α,β-unsaturated/α-hetero) is 1. The van der Waals surface area contributed by atoms with E-state index in [0.717, 1.165) is 0 Å². The van der Waals surface area contributed by atoms with Crippen LogP contribution in [0.3, 0.4) is 0 Å². The van der Waals surface area contributed by atoms with Gasteiger partial charge in [-0.2, -0.15) is 0 Å². The zero-order valence-corrected chi connectivity index (χ0v) is 15.5. The molecule has 1 rings (SSSR count). The van der Waals surface area contributed by atoms with E-state index in [1.54, 1.807) is 0 Å². The monoisotopic (exact) mass is 382 g/mol.